The number of aromatic nitrogens is 3. The van der Waals surface area contributed by atoms with Crippen LogP contribution in [-0.4, -0.2) is 20.3 Å². The van der Waals surface area contributed by atoms with Crippen molar-refractivity contribution in [2.45, 2.75) is 19.3 Å². The van der Waals surface area contributed by atoms with Crippen molar-refractivity contribution in [3.63, 3.8) is 0 Å². The minimum absolute atomic E-state index is 0.208. The van der Waals surface area contributed by atoms with Gasteiger partial charge in [0.25, 0.3) is 5.91 Å². The number of nitrogens with zero attached hydrogens (tertiary/aromatic N) is 3. The van der Waals surface area contributed by atoms with Crippen molar-refractivity contribution in [1.82, 2.24) is 14.4 Å². The number of carbonyl (C=O) groups is 1. The average molecular weight is 481 g/mol. The highest BCUT2D eigenvalue weighted by molar-refractivity contribution is 7.18. The third-order valence-corrected chi connectivity index (χ3v) is 7.11. The number of para-hydroxylation sites is 2. The van der Waals surface area contributed by atoms with Crippen LogP contribution < -0.4 is 16.4 Å². The van der Waals surface area contributed by atoms with E-state index in [0.717, 1.165) is 39.4 Å². The van der Waals surface area contributed by atoms with Crippen molar-refractivity contribution in [3.8, 4) is 10.6 Å². The molecular weight excluding hydrogens is 456 g/mol. The highest BCUT2D eigenvalue weighted by atomic mass is 32.1. The molecule has 0 saturated heterocycles. The monoisotopic (exact) mass is 480 g/mol. The van der Waals surface area contributed by atoms with Crippen molar-refractivity contribution < 1.29 is 4.79 Å². The lowest BCUT2D eigenvalue weighted by Gasteiger charge is -2.09. The summed E-state index contributed by atoms with van der Waals surface area (Å²) in [6, 6.07) is 20.8. The summed E-state index contributed by atoms with van der Waals surface area (Å²) in [5.74, 6) is 0.588. The second-order valence-corrected chi connectivity index (χ2v) is 9.81. The number of anilines is 4. The van der Waals surface area contributed by atoms with Crippen molar-refractivity contribution >= 4 is 45.1 Å². The molecule has 0 unspecified atom stereocenters. The second-order valence-electron chi connectivity index (χ2n) is 8.78. The van der Waals surface area contributed by atoms with Gasteiger partial charge >= 0.3 is 0 Å². The van der Waals surface area contributed by atoms with Crippen molar-refractivity contribution in [2.75, 3.05) is 16.4 Å². The van der Waals surface area contributed by atoms with Crippen LogP contribution in [0.25, 0.3) is 16.2 Å². The predicted molar refractivity (Wildman–Crippen MR) is 141 cm³/mol. The fourth-order valence-electron chi connectivity index (χ4n) is 4.14. The lowest BCUT2D eigenvalue weighted by Crippen LogP contribution is -2.13. The highest BCUT2D eigenvalue weighted by Crippen LogP contribution is 2.35. The lowest BCUT2D eigenvalue weighted by molar-refractivity contribution is 0.102. The topological polar surface area (TPSA) is 97.3 Å². The maximum absolute atomic E-state index is 12.6. The van der Waals surface area contributed by atoms with Gasteiger partial charge < -0.3 is 16.4 Å². The van der Waals surface area contributed by atoms with Crippen LogP contribution in [0.3, 0.4) is 0 Å². The molecule has 1 saturated carbocycles. The zero-order chi connectivity index (χ0) is 23.8. The maximum atomic E-state index is 12.6. The Morgan fingerprint density at radius 2 is 1.83 bits per heavy atom. The van der Waals surface area contributed by atoms with Gasteiger partial charge in [-0.25, -0.2) is 9.97 Å². The quantitative estimate of drug-likeness (QED) is 0.249. The molecule has 8 heteroatoms. The van der Waals surface area contributed by atoms with Crippen LogP contribution >= 0.6 is 11.3 Å². The molecule has 0 atom stereocenters. The molecule has 3 aromatic heterocycles. The van der Waals surface area contributed by atoms with Crippen molar-refractivity contribution in [1.29, 1.82) is 0 Å². The first-order valence-corrected chi connectivity index (χ1v) is 12.4. The summed E-state index contributed by atoms with van der Waals surface area (Å²) in [6.07, 6.45) is 7.53. The molecule has 7 nitrogen and oxygen atoms in total. The minimum atomic E-state index is -0.208. The number of hydrogen-bond acceptors (Lipinski definition) is 6. The largest absolute Gasteiger partial charge is 0.397 e. The van der Waals surface area contributed by atoms with E-state index in [4.69, 9.17) is 5.73 Å². The van der Waals surface area contributed by atoms with Crippen LogP contribution in [0, 0.1) is 5.92 Å². The van der Waals surface area contributed by atoms with Crippen molar-refractivity contribution in [2.24, 2.45) is 5.92 Å². The first kappa shape index (κ1) is 21.4. The number of thiazole rings is 1. The van der Waals surface area contributed by atoms with Crippen molar-refractivity contribution in [3.05, 3.63) is 90.4 Å². The first-order chi connectivity index (χ1) is 17.1. The molecule has 174 valence electrons. The highest BCUT2D eigenvalue weighted by Gasteiger charge is 2.23. The maximum Gasteiger partial charge on any atom is 0.255 e. The molecule has 4 N–H and O–H groups in total. The number of nitrogen functional groups attached to an aromatic ring is 1. The van der Waals surface area contributed by atoms with E-state index in [1.807, 2.05) is 42.7 Å². The Bertz CT molecular complexity index is 1520. The SMILES string of the molecule is Nc1ccccc1NC(=O)c1ccc(Nc2ncc(-c3cnc4cccc(CC5CC5)n34)s2)cc1. The molecule has 5 aromatic rings. The van der Waals surface area contributed by atoms with E-state index in [9.17, 15) is 4.79 Å². The van der Waals surface area contributed by atoms with Gasteiger partial charge in [0, 0.05) is 23.1 Å². The van der Waals surface area contributed by atoms with Crippen LogP contribution in [-0.2, 0) is 6.42 Å². The van der Waals surface area contributed by atoms with Gasteiger partial charge in [0.05, 0.1) is 28.1 Å². The predicted octanol–water partition coefficient (Wildman–Crippen LogP) is 5.99. The van der Waals surface area contributed by atoms with Crippen LogP contribution in [0.2, 0.25) is 0 Å². The van der Waals surface area contributed by atoms with E-state index in [0.29, 0.717) is 16.9 Å². The molecule has 1 aliphatic carbocycles. The standard InChI is InChI=1S/C27H24N6OS/c28-21-5-1-2-6-22(21)32-26(34)18-10-12-19(13-11-18)31-27-30-16-24(35-27)23-15-29-25-7-3-4-20(33(23)25)14-17-8-9-17/h1-7,10-13,15-17H,8-9,14,28H2,(H,30,31)(H,32,34). The zero-order valence-electron chi connectivity index (χ0n) is 18.9. The van der Waals surface area contributed by atoms with Gasteiger partial charge in [-0.3, -0.25) is 9.20 Å². The van der Waals surface area contributed by atoms with Gasteiger partial charge in [-0.15, -0.1) is 0 Å². The summed E-state index contributed by atoms with van der Waals surface area (Å²) >= 11 is 1.58. The molecular formula is C27H24N6OS. The Kier molecular flexibility index (Phi) is 5.42. The van der Waals surface area contributed by atoms with E-state index in [1.165, 1.54) is 18.5 Å². The molecule has 3 heterocycles. The Morgan fingerprint density at radius 3 is 2.63 bits per heavy atom. The van der Waals surface area contributed by atoms with E-state index in [-0.39, 0.29) is 5.91 Å². The van der Waals surface area contributed by atoms with Crippen LogP contribution in [0.5, 0.6) is 0 Å². The number of carbonyl (C=O) groups excluding carboxylic acids is 1. The number of nitrogens with two attached hydrogens (primary N) is 1. The molecule has 0 bridgehead atoms. The summed E-state index contributed by atoms with van der Waals surface area (Å²) in [4.78, 5) is 22.8. The third kappa shape index (κ3) is 4.48. The molecule has 0 aliphatic heterocycles. The normalized spacial score (nSPS) is 13.1. The second kappa shape index (κ2) is 8.88. The van der Waals surface area contributed by atoms with E-state index in [2.05, 4.69) is 37.1 Å². The molecule has 1 fully saturated rings. The number of hydrogen-bond donors (Lipinski definition) is 3. The summed E-state index contributed by atoms with van der Waals surface area (Å²) in [5.41, 5.74) is 11.8. The number of rotatable bonds is 7. The smallest absolute Gasteiger partial charge is 0.255 e. The lowest BCUT2D eigenvalue weighted by atomic mass is 10.2. The Hall–Kier alpha value is -4.17. The zero-order valence-corrected chi connectivity index (χ0v) is 19.8. The van der Waals surface area contributed by atoms with Gasteiger partial charge in [0.1, 0.15) is 5.65 Å². The molecule has 0 spiro atoms. The Labute approximate surface area is 206 Å². The average Bonchev–Trinajstić information content (AvgIpc) is 3.38. The summed E-state index contributed by atoms with van der Waals surface area (Å²) in [6.45, 7) is 0. The molecule has 0 radical (unpaired) electrons. The number of benzene rings is 2. The fourth-order valence-corrected chi connectivity index (χ4v) is 4.98. The number of pyridine rings is 1. The van der Waals surface area contributed by atoms with Crippen LogP contribution in [0.15, 0.2) is 79.1 Å². The Balaban J connectivity index is 1.18. The number of amides is 1. The van der Waals surface area contributed by atoms with Crippen LogP contribution in [0.1, 0.15) is 28.9 Å². The molecule has 6 rings (SSSR count). The minimum Gasteiger partial charge on any atom is -0.397 e. The van der Waals surface area contributed by atoms with E-state index >= 15 is 0 Å². The van der Waals surface area contributed by atoms with Gasteiger partial charge in [0.15, 0.2) is 5.13 Å². The molecule has 35 heavy (non-hydrogen) atoms. The summed E-state index contributed by atoms with van der Waals surface area (Å²) in [5, 5.41) is 6.97. The molecule has 2 aromatic carbocycles. The summed E-state index contributed by atoms with van der Waals surface area (Å²) < 4.78 is 2.25. The van der Waals surface area contributed by atoms with Crippen LogP contribution in [0.4, 0.5) is 22.2 Å². The number of nitrogens with one attached hydrogen (secondary N) is 2. The molecule has 1 amide bonds. The first-order valence-electron chi connectivity index (χ1n) is 11.6. The van der Waals surface area contributed by atoms with Gasteiger partial charge in [-0.2, -0.15) is 0 Å². The van der Waals surface area contributed by atoms with Gasteiger partial charge in [0.2, 0.25) is 0 Å². The van der Waals surface area contributed by atoms with E-state index < -0.39 is 0 Å². The van der Waals surface area contributed by atoms with Gasteiger partial charge in [-0.05, 0) is 73.7 Å². The number of fused-ring (bicyclic) bond motifs is 1. The Morgan fingerprint density at radius 1 is 1.00 bits per heavy atom. The fraction of sp³-hybridized carbons (Fsp3) is 0.148. The van der Waals surface area contributed by atoms with E-state index in [1.54, 1.807) is 35.6 Å². The molecule has 1 aliphatic rings. The van der Waals surface area contributed by atoms with Gasteiger partial charge in [-0.1, -0.05) is 29.5 Å². The third-order valence-electron chi connectivity index (χ3n) is 6.17. The summed E-state index contributed by atoms with van der Waals surface area (Å²) in [7, 11) is 0. The number of imidazole rings is 1.